The van der Waals surface area contributed by atoms with E-state index in [1.54, 1.807) is 12.1 Å². The molecule has 194 valence electrons. The van der Waals surface area contributed by atoms with Crippen molar-refractivity contribution in [3.63, 3.8) is 0 Å². The SMILES string of the molecule is O=C(Cc1ccc(C(F)(F)F)cc1)N[C@@H]1CCCC[C@H]1NC1CCCN(c2ccc([N+](=O)[O-])cc2)C1. The molecule has 0 spiro atoms. The van der Waals surface area contributed by atoms with Crippen LogP contribution < -0.4 is 15.5 Å². The molecule has 2 aromatic rings. The number of rotatable bonds is 7. The van der Waals surface area contributed by atoms with E-state index < -0.39 is 16.7 Å². The first-order chi connectivity index (χ1) is 17.2. The van der Waals surface area contributed by atoms with Gasteiger partial charge in [0.25, 0.3) is 5.69 Å². The highest BCUT2D eigenvalue weighted by Gasteiger charge is 2.31. The third-order valence-electron chi connectivity index (χ3n) is 7.06. The summed E-state index contributed by atoms with van der Waals surface area (Å²) in [6.07, 6.45) is 1.53. The number of alkyl halides is 3. The summed E-state index contributed by atoms with van der Waals surface area (Å²) in [7, 11) is 0. The number of nitro groups is 1. The maximum Gasteiger partial charge on any atom is 0.416 e. The molecule has 2 fully saturated rings. The largest absolute Gasteiger partial charge is 0.416 e. The molecular formula is C26H31F3N4O3. The zero-order chi connectivity index (χ0) is 25.7. The lowest BCUT2D eigenvalue weighted by molar-refractivity contribution is -0.384. The molecule has 1 aliphatic heterocycles. The predicted octanol–water partition coefficient (Wildman–Crippen LogP) is 4.84. The van der Waals surface area contributed by atoms with Crippen LogP contribution in [0.25, 0.3) is 0 Å². The van der Waals surface area contributed by atoms with Gasteiger partial charge in [0.1, 0.15) is 0 Å². The van der Waals surface area contributed by atoms with E-state index in [1.165, 1.54) is 24.3 Å². The molecule has 2 N–H and O–H groups in total. The molecule has 36 heavy (non-hydrogen) atoms. The topological polar surface area (TPSA) is 87.5 Å². The van der Waals surface area contributed by atoms with Crippen molar-refractivity contribution in [2.75, 3.05) is 18.0 Å². The van der Waals surface area contributed by atoms with Gasteiger partial charge >= 0.3 is 6.18 Å². The van der Waals surface area contributed by atoms with E-state index in [4.69, 9.17) is 0 Å². The molecule has 4 rings (SSSR count). The highest BCUT2D eigenvalue weighted by Crippen LogP contribution is 2.29. The van der Waals surface area contributed by atoms with E-state index in [1.807, 2.05) is 0 Å². The summed E-state index contributed by atoms with van der Waals surface area (Å²) in [5.74, 6) is -0.190. The van der Waals surface area contributed by atoms with Gasteiger partial charge in [-0.3, -0.25) is 14.9 Å². The second-order valence-corrected chi connectivity index (χ2v) is 9.66. The maximum absolute atomic E-state index is 12.8. The fraction of sp³-hybridized carbons (Fsp3) is 0.500. The Morgan fingerprint density at radius 3 is 2.28 bits per heavy atom. The van der Waals surface area contributed by atoms with Gasteiger partial charge in [0, 0.05) is 49.0 Å². The van der Waals surface area contributed by atoms with Crippen molar-refractivity contribution in [2.24, 2.45) is 0 Å². The molecule has 1 unspecified atom stereocenters. The van der Waals surface area contributed by atoms with Crippen molar-refractivity contribution in [1.82, 2.24) is 10.6 Å². The highest BCUT2D eigenvalue weighted by molar-refractivity contribution is 5.79. The van der Waals surface area contributed by atoms with Crippen molar-refractivity contribution in [2.45, 2.75) is 69.2 Å². The molecule has 1 amide bonds. The average molecular weight is 505 g/mol. The molecule has 1 heterocycles. The zero-order valence-electron chi connectivity index (χ0n) is 20.0. The van der Waals surface area contributed by atoms with Crippen molar-refractivity contribution in [3.05, 3.63) is 69.8 Å². The molecular weight excluding hydrogens is 473 g/mol. The fourth-order valence-electron chi connectivity index (χ4n) is 5.19. The van der Waals surface area contributed by atoms with Crippen LogP contribution >= 0.6 is 0 Å². The van der Waals surface area contributed by atoms with Crippen LogP contribution in [-0.2, 0) is 17.4 Å². The van der Waals surface area contributed by atoms with Gasteiger partial charge in [-0.2, -0.15) is 13.2 Å². The molecule has 1 saturated heterocycles. The third kappa shape index (κ3) is 6.75. The fourth-order valence-corrected chi connectivity index (χ4v) is 5.19. The first kappa shape index (κ1) is 25.9. The van der Waals surface area contributed by atoms with Gasteiger partial charge in [-0.25, -0.2) is 0 Å². The Morgan fingerprint density at radius 1 is 0.972 bits per heavy atom. The number of hydrogen-bond acceptors (Lipinski definition) is 5. The van der Waals surface area contributed by atoms with Gasteiger partial charge in [-0.05, 0) is 55.5 Å². The van der Waals surface area contributed by atoms with Crippen LogP contribution in [0, 0.1) is 10.1 Å². The number of nitrogens with zero attached hydrogens (tertiary/aromatic N) is 2. The summed E-state index contributed by atoms with van der Waals surface area (Å²) in [6, 6.07) is 11.7. The van der Waals surface area contributed by atoms with E-state index in [9.17, 15) is 28.1 Å². The van der Waals surface area contributed by atoms with E-state index in [0.29, 0.717) is 5.56 Å². The lowest BCUT2D eigenvalue weighted by atomic mass is 9.88. The molecule has 0 radical (unpaired) electrons. The number of piperidine rings is 1. The number of carbonyl (C=O) groups is 1. The summed E-state index contributed by atoms with van der Waals surface area (Å²) in [4.78, 5) is 25.5. The third-order valence-corrected chi connectivity index (χ3v) is 7.06. The van der Waals surface area contributed by atoms with Crippen LogP contribution in [0.2, 0.25) is 0 Å². The summed E-state index contributed by atoms with van der Waals surface area (Å²) in [5.41, 5.74) is 0.852. The van der Waals surface area contributed by atoms with Crippen LogP contribution in [0.3, 0.4) is 0 Å². The monoisotopic (exact) mass is 504 g/mol. The van der Waals surface area contributed by atoms with E-state index in [-0.39, 0.29) is 36.1 Å². The van der Waals surface area contributed by atoms with Crippen LogP contribution in [0.5, 0.6) is 0 Å². The van der Waals surface area contributed by atoms with Gasteiger partial charge in [-0.1, -0.05) is 25.0 Å². The maximum atomic E-state index is 12.8. The number of carbonyl (C=O) groups excluding carboxylic acids is 1. The average Bonchev–Trinajstić information content (AvgIpc) is 2.85. The Hall–Kier alpha value is -3.14. The van der Waals surface area contributed by atoms with E-state index >= 15 is 0 Å². The molecule has 0 aromatic heterocycles. The molecule has 1 saturated carbocycles. The lowest BCUT2D eigenvalue weighted by Crippen LogP contribution is -2.57. The normalized spacial score (nSPS) is 22.8. The van der Waals surface area contributed by atoms with Gasteiger partial charge in [-0.15, -0.1) is 0 Å². The van der Waals surface area contributed by atoms with Crippen molar-refractivity contribution < 1.29 is 22.9 Å². The Morgan fingerprint density at radius 2 is 1.64 bits per heavy atom. The van der Waals surface area contributed by atoms with Crippen molar-refractivity contribution in [3.8, 4) is 0 Å². The Balaban J connectivity index is 1.32. The minimum Gasteiger partial charge on any atom is -0.370 e. The van der Waals surface area contributed by atoms with Crippen LogP contribution in [0.4, 0.5) is 24.5 Å². The Labute approximate surface area is 208 Å². The van der Waals surface area contributed by atoms with E-state index in [0.717, 1.165) is 69.4 Å². The Kier molecular flexibility index (Phi) is 8.13. The number of benzene rings is 2. The number of anilines is 1. The number of hydrogen-bond donors (Lipinski definition) is 2. The number of non-ortho nitro benzene ring substituents is 1. The first-order valence-corrected chi connectivity index (χ1v) is 12.4. The van der Waals surface area contributed by atoms with Gasteiger partial charge < -0.3 is 15.5 Å². The Bertz CT molecular complexity index is 1040. The minimum absolute atomic E-state index is 0.0320. The number of halogens is 3. The second kappa shape index (κ2) is 11.3. The van der Waals surface area contributed by atoms with Crippen LogP contribution in [0.15, 0.2) is 48.5 Å². The van der Waals surface area contributed by atoms with Gasteiger partial charge in [0.15, 0.2) is 0 Å². The summed E-state index contributed by atoms with van der Waals surface area (Å²) >= 11 is 0. The molecule has 2 aromatic carbocycles. The molecule has 0 bridgehead atoms. The predicted molar refractivity (Wildman–Crippen MR) is 131 cm³/mol. The molecule has 2 aliphatic rings. The molecule has 1 aliphatic carbocycles. The smallest absolute Gasteiger partial charge is 0.370 e. The minimum atomic E-state index is -4.39. The van der Waals surface area contributed by atoms with Gasteiger partial charge in [0.2, 0.25) is 5.91 Å². The van der Waals surface area contributed by atoms with Crippen molar-refractivity contribution in [1.29, 1.82) is 0 Å². The number of nitrogens with one attached hydrogen (secondary N) is 2. The molecule has 10 heteroatoms. The van der Waals surface area contributed by atoms with Crippen LogP contribution in [0.1, 0.15) is 49.7 Å². The highest BCUT2D eigenvalue weighted by atomic mass is 19.4. The summed E-state index contributed by atoms with van der Waals surface area (Å²) < 4.78 is 38.3. The summed E-state index contributed by atoms with van der Waals surface area (Å²) in [5, 5.41) is 17.8. The van der Waals surface area contributed by atoms with Gasteiger partial charge in [0.05, 0.1) is 16.9 Å². The number of amides is 1. The zero-order valence-corrected chi connectivity index (χ0v) is 20.0. The standard InChI is InChI=1S/C26H31F3N4O3/c27-26(28,29)19-9-7-18(8-10-19)16-25(34)31-24-6-2-1-5-23(24)30-20-4-3-15-32(17-20)21-11-13-22(14-12-21)33(35)36/h7-14,20,23-24,30H,1-6,15-17H2,(H,31,34)/t20?,23-,24-/m1/s1. The lowest BCUT2D eigenvalue weighted by Gasteiger charge is -2.40. The van der Waals surface area contributed by atoms with Crippen LogP contribution in [-0.4, -0.2) is 42.0 Å². The first-order valence-electron chi connectivity index (χ1n) is 12.4. The summed E-state index contributed by atoms with van der Waals surface area (Å²) in [6.45, 7) is 1.66. The molecule has 7 nitrogen and oxygen atoms in total. The second-order valence-electron chi connectivity index (χ2n) is 9.66. The number of nitro benzene ring substituents is 1. The quantitative estimate of drug-likeness (QED) is 0.416. The molecule has 3 atom stereocenters. The van der Waals surface area contributed by atoms with E-state index in [2.05, 4.69) is 15.5 Å². The van der Waals surface area contributed by atoms with Crippen molar-refractivity contribution >= 4 is 17.3 Å².